The second kappa shape index (κ2) is 5.62. The summed E-state index contributed by atoms with van der Waals surface area (Å²) in [4.78, 5) is 11.4. The first-order valence-electron chi connectivity index (χ1n) is 5.96. The molecule has 0 saturated heterocycles. The summed E-state index contributed by atoms with van der Waals surface area (Å²) in [7, 11) is 1.62. The largest absolute Gasteiger partial charge is 0.496 e. The van der Waals surface area contributed by atoms with Crippen molar-refractivity contribution in [1.29, 1.82) is 0 Å². The highest BCUT2D eigenvalue weighted by Gasteiger charge is 2.24. The maximum absolute atomic E-state index is 11.4. The van der Waals surface area contributed by atoms with Gasteiger partial charge in [0.15, 0.2) is 0 Å². The molecule has 98 valence electrons. The lowest BCUT2D eigenvalue weighted by molar-refractivity contribution is 0.139. The van der Waals surface area contributed by atoms with Crippen LogP contribution in [0.25, 0.3) is 0 Å². The fourth-order valence-corrected chi connectivity index (χ4v) is 2.00. The molecule has 0 aromatic heterocycles. The van der Waals surface area contributed by atoms with Crippen molar-refractivity contribution in [2.75, 3.05) is 20.3 Å². The Labute approximate surface area is 106 Å². The van der Waals surface area contributed by atoms with Gasteiger partial charge in [0.2, 0.25) is 0 Å². The van der Waals surface area contributed by atoms with Crippen LogP contribution in [0.4, 0.5) is 4.79 Å². The van der Waals surface area contributed by atoms with Crippen LogP contribution in [-0.4, -0.2) is 32.5 Å². The molecule has 5 heteroatoms. The van der Waals surface area contributed by atoms with Crippen LogP contribution in [0.5, 0.6) is 11.5 Å². The Balaban J connectivity index is 2.07. The molecule has 1 amide bonds. The van der Waals surface area contributed by atoms with Gasteiger partial charge in [0.1, 0.15) is 18.1 Å². The van der Waals surface area contributed by atoms with E-state index in [0.717, 1.165) is 17.1 Å². The van der Waals surface area contributed by atoms with Gasteiger partial charge in [0, 0.05) is 12.0 Å². The van der Waals surface area contributed by atoms with E-state index in [-0.39, 0.29) is 6.04 Å². The van der Waals surface area contributed by atoms with Crippen LogP contribution in [0.15, 0.2) is 18.2 Å². The van der Waals surface area contributed by atoms with Gasteiger partial charge in [-0.15, -0.1) is 0 Å². The maximum atomic E-state index is 11.4. The van der Waals surface area contributed by atoms with E-state index >= 15 is 0 Å². The van der Waals surface area contributed by atoms with Gasteiger partial charge in [-0.25, -0.2) is 4.79 Å². The molecule has 1 aromatic carbocycles. The summed E-state index contributed by atoms with van der Waals surface area (Å²) in [5.74, 6) is 1.60. The topological polar surface area (TPSA) is 56.8 Å². The second-order valence-electron chi connectivity index (χ2n) is 4.01. The predicted octanol–water partition coefficient (Wildman–Crippen LogP) is 1.74. The Bertz CT molecular complexity index is 419. The third-order valence-corrected chi connectivity index (χ3v) is 2.80. The quantitative estimate of drug-likeness (QED) is 0.889. The summed E-state index contributed by atoms with van der Waals surface area (Å²) < 4.78 is 15.7. The molecule has 1 aromatic rings. The number of carbonyl (C=O) groups excluding carboxylic acids is 1. The van der Waals surface area contributed by atoms with Crippen molar-refractivity contribution in [2.45, 2.75) is 19.4 Å². The van der Waals surface area contributed by atoms with Crippen LogP contribution < -0.4 is 14.8 Å². The summed E-state index contributed by atoms with van der Waals surface area (Å²) in [6.07, 6.45) is 0.266. The summed E-state index contributed by atoms with van der Waals surface area (Å²) in [5.41, 5.74) is 0.980. The highest BCUT2D eigenvalue weighted by atomic mass is 16.5. The Morgan fingerprint density at radius 2 is 2.39 bits per heavy atom. The average molecular weight is 251 g/mol. The van der Waals surface area contributed by atoms with Crippen LogP contribution in [0, 0.1) is 0 Å². The van der Waals surface area contributed by atoms with Crippen LogP contribution in [0.3, 0.4) is 0 Å². The van der Waals surface area contributed by atoms with Crippen molar-refractivity contribution in [3.05, 3.63) is 23.8 Å². The lowest BCUT2D eigenvalue weighted by atomic mass is 10.0. The van der Waals surface area contributed by atoms with Crippen molar-refractivity contribution < 1.29 is 19.0 Å². The molecule has 1 heterocycles. The molecule has 0 bridgehead atoms. The minimum Gasteiger partial charge on any atom is -0.496 e. The summed E-state index contributed by atoms with van der Waals surface area (Å²) >= 11 is 0. The number of methoxy groups -OCH3 is 1. The van der Waals surface area contributed by atoms with Crippen molar-refractivity contribution in [2.24, 2.45) is 0 Å². The molecule has 1 aliphatic heterocycles. The molecule has 0 fully saturated rings. The minimum atomic E-state index is -0.413. The van der Waals surface area contributed by atoms with Crippen molar-refractivity contribution in [3.8, 4) is 11.5 Å². The number of nitrogens with one attached hydrogen (secondary N) is 1. The third-order valence-electron chi connectivity index (χ3n) is 2.80. The fraction of sp³-hybridized carbons (Fsp3) is 0.462. The van der Waals surface area contributed by atoms with Gasteiger partial charge >= 0.3 is 6.09 Å². The number of hydrogen-bond donors (Lipinski definition) is 1. The standard InChI is InChI=1S/C13H17NO4/c1-3-17-13(15)14-9-7-10-11(16-2)5-4-6-12(10)18-8-9/h4-6,9H,3,7-8H2,1-2H3,(H,14,15). The molecule has 1 aliphatic rings. The van der Waals surface area contributed by atoms with Crippen LogP contribution >= 0.6 is 0 Å². The number of fused-ring (bicyclic) bond motifs is 1. The van der Waals surface area contributed by atoms with E-state index in [1.807, 2.05) is 18.2 Å². The Morgan fingerprint density at radius 1 is 1.56 bits per heavy atom. The van der Waals surface area contributed by atoms with E-state index in [0.29, 0.717) is 19.6 Å². The first-order valence-corrected chi connectivity index (χ1v) is 5.96. The van der Waals surface area contributed by atoms with Gasteiger partial charge in [0.05, 0.1) is 19.8 Å². The van der Waals surface area contributed by atoms with E-state index in [4.69, 9.17) is 14.2 Å². The van der Waals surface area contributed by atoms with Gasteiger partial charge < -0.3 is 19.5 Å². The summed E-state index contributed by atoms with van der Waals surface area (Å²) in [6.45, 7) is 2.58. The normalized spacial score (nSPS) is 17.3. The number of rotatable bonds is 3. The Hall–Kier alpha value is -1.91. The molecule has 1 N–H and O–H groups in total. The van der Waals surface area contributed by atoms with Crippen molar-refractivity contribution in [1.82, 2.24) is 5.32 Å². The Morgan fingerprint density at radius 3 is 3.11 bits per heavy atom. The maximum Gasteiger partial charge on any atom is 0.407 e. The number of hydrogen-bond acceptors (Lipinski definition) is 4. The zero-order valence-corrected chi connectivity index (χ0v) is 10.6. The smallest absolute Gasteiger partial charge is 0.407 e. The van der Waals surface area contributed by atoms with Crippen LogP contribution in [0.2, 0.25) is 0 Å². The number of amides is 1. The lowest BCUT2D eigenvalue weighted by Gasteiger charge is -2.26. The molecule has 1 atom stereocenters. The van der Waals surface area contributed by atoms with Gasteiger partial charge in [-0.2, -0.15) is 0 Å². The summed E-state index contributed by atoms with van der Waals surface area (Å²) in [6, 6.07) is 5.58. The molecule has 0 spiro atoms. The molecule has 0 radical (unpaired) electrons. The highest BCUT2D eigenvalue weighted by Crippen LogP contribution is 2.32. The molecule has 0 saturated carbocycles. The zero-order chi connectivity index (χ0) is 13.0. The van der Waals surface area contributed by atoms with Crippen LogP contribution in [0.1, 0.15) is 12.5 Å². The third kappa shape index (κ3) is 2.67. The molecule has 0 aliphatic carbocycles. The van der Waals surface area contributed by atoms with Gasteiger partial charge in [-0.05, 0) is 19.1 Å². The van der Waals surface area contributed by atoms with Crippen molar-refractivity contribution in [3.63, 3.8) is 0 Å². The zero-order valence-electron chi connectivity index (χ0n) is 10.6. The monoisotopic (exact) mass is 251 g/mol. The fourth-order valence-electron chi connectivity index (χ4n) is 2.00. The second-order valence-corrected chi connectivity index (χ2v) is 4.01. The molecule has 1 unspecified atom stereocenters. The number of benzene rings is 1. The molecular formula is C13H17NO4. The lowest BCUT2D eigenvalue weighted by Crippen LogP contribution is -2.43. The van der Waals surface area contributed by atoms with Gasteiger partial charge in [0.25, 0.3) is 0 Å². The Kier molecular flexibility index (Phi) is 3.92. The first-order chi connectivity index (χ1) is 8.74. The van der Waals surface area contributed by atoms with E-state index < -0.39 is 6.09 Å². The molecule has 5 nitrogen and oxygen atoms in total. The summed E-state index contributed by atoms with van der Waals surface area (Å²) in [5, 5.41) is 2.77. The number of carbonyl (C=O) groups is 1. The molecule has 2 rings (SSSR count). The van der Waals surface area contributed by atoms with Gasteiger partial charge in [-0.1, -0.05) is 6.07 Å². The molecule has 18 heavy (non-hydrogen) atoms. The van der Waals surface area contributed by atoms with E-state index in [9.17, 15) is 4.79 Å². The highest BCUT2D eigenvalue weighted by molar-refractivity contribution is 5.67. The number of alkyl carbamates (subject to hydrolysis) is 1. The molecular weight excluding hydrogens is 234 g/mol. The average Bonchev–Trinajstić information content (AvgIpc) is 2.38. The minimum absolute atomic E-state index is 0.0900. The van der Waals surface area contributed by atoms with E-state index in [1.54, 1.807) is 14.0 Å². The van der Waals surface area contributed by atoms with E-state index in [1.165, 1.54) is 0 Å². The SMILES string of the molecule is CCOC(=O)NC1COc2cccc(OC)c2C1. The van der Waals surface area contributed by atoms with Crippen molar-refractivity contribution >= 4 is 6.09 Å². The van der Waals surface area contributed by atoms with Crippen LogP contribution in [-0.2, 0) is 11.2 Å². The number of ether oxygens (including phenoxy) is 3. The first kappa shape index (κ1) is 12.5. The predicted molar refractivity (Wildman–Crippen MR) is 66.1 cm³/mol. The van der Waals surface area contributed by atoms with E-state index in [2.05, 4.69) is 5.32 Å². The van der Waals surface area contributed by atoms with Gasteiger partial charge in [-0.3, -0.25) is 0 Å².